The van der Waals surface area contributed by atoms with Gasteiger partial charge in [-0.15, -0.1) is 0 Å². The minimum absolute atomic E-state index is 0.131. The third kappa shape index (κ3) is 4.51. The zero-order valence-electron chi connectivity index (χ0n) is 19.9. The van der Waals surface area contributed by atoms with E-state index in [4.69, 9.17) is 9.72 Å². The van der Waals surface area contributed by atoms with Crippen LogP contribution >= 0.6 is 0 Å². The summed E-state index contributed by atoms with van der Waals surface area (Å²) in [6.07, 6.45) is 1.80. The van der Waals surface area contributed by atoms with Crippen LogP contribution in [0.25, 0.3) is 27.8 Å². The summed E-state index contributed by atoms with van der Waals surface area (Å²) in [6, 6.07) is 25.5. The molecular formula is C29H26N4O2. The van der Waals surface area contributed by atoms with Gasteiger partial charge in [-0.05, 0) is 61.9 Å². The maximum atomic E-state index is 13.3. The molecule has 1 amide bonds. The standard InChI is InChI=1S/C29H26N4O2/c1-19-9-14-27-24(15-19)25(29(34)30-17-21-7-5-4-6-8-21)16-28(32-27)26-18-31-33(20(26)2)22-10-12-23(35-3)13-11-22/h4-16,18H,17H2,1-3H3,(H,30,34). The molecule has 0 saturated carbocycles. The summed E-state index contributed by atoms with van der Waals surface area (Å²) in [5.41, 5.74) is 6.94. The van der Waals surface area contributed by atoms with Gasteiger partial charge < -0.3 is 10.1 Å². The molecule has 0 fully saturated rings. The van der Waals surface area contributed by atoms with Gasteiger partial charge in [0.15, 0.2) is 0 Å². The molecular weight excluding hydrogens is 436 g/mol. The third-order valence-corrected chi connectivity index (χ3v) is 6.11. The van der Waals surface area contributed by atoms with Gasteiger partial charge in [0.1, 0.15) is 5.75 Å². The Hall–Kier alpha value is -4.45. The Balaban J connectivity index is 1.54. The summed E-state index contributed by atoms with van der Waals surface area (Å²) in [6.45, 7) is 4.48. The molecule has 174 valence electrons. The summed E-state index contributed by atoms with van der Waals surface area (Å²) in [4.78, 5) is 18.2. The smallest absolute Gasteiger partial charge is 0.252 e. The lowest BCUT2D eigenvalue weighted by Crippen LogP contribution is -2.23. The number of nitrogens with one attached hydrogen (secondary N) is 1. The molecule has 2 heterocycles. The first-order valence-corrected chi connectivity index (χ1v) is 11.5. The lowest BCUT2D eigenvalue weighted by atomic mass is 10.0. The zero-order chi connectivity index (χ0) is 24.4. The van der Waals surface area contributed by atoms with E-state index in [-0.39, 0.29) is 5.91 Å². The quantitative estimate of drug-likeness (QED) is 0.354. The molecule has 35 heavy (non-hydrogen) atoms. The van der Waals surface area contributed by atoms with Crippen LogP contribution in [0.4, 0.5) is 0 Å². The Morgan fingerprint density at radius 1 is 0.971 bits per heavy atom. The number of methoxy groups -OCH3 is 1. The van der Waals surface area contributed by atoms with Crippen LogP contribution in [0.1, 0.15) is 27.2 Å². The van der Waals surface area contributed by atoms with Gasteiger partial charge in [0.2, 0.25) is 0 Å². The molecule has 0 aliphatic heterocycles. The molecule has 1 N–H and O–H groups in total. The highest BCUT2D eigenvalue weighted by Crippen LogP contribution is 2.29. The van der Waals surface area contributed by atoms with Gasteiger partial charge in [0.25, 0.3) is 5.91 Å². The zero-order valence-corrected chi connectivity index (χ0v) is 19.9. The summed E-state index contributed by atoms with van der Waals surface area (Å²) in [5.74, 6) is 0.657. The van der Waals surface area contributed by atoms with Crippen LogP contribution < -0.4 is 10.1 Å². The Labute approximate surface area is 204 Å². The van der Waals surface area contributed by atoms with E-state index in [1.807, 2.05) is 97.4 Å². The fraction of sp³-hybridized carbons (Fsp3) is 0.138. The molecule has 0 aliphatic rings. The number of rotatable bonds is 6. The Morgan fingerprint density at radius 2 is 1.74 bits per heavy atom. The molecule has 5 rings (SSSR count). The molecule has 0 spiro atoms. The topological polar surface area (TPSA) is 69.0 Å². The van der Waals surface area contributed by atoms with E-state index in [1.165, 1.54) is 0 Å². The first-order chi connectivity index (χ1) is 17.0. The second-order valence-corrected chi connectivity index (χ2v) is 8.50. The number of aryl methyl sites for hydroxylation is 1. The van der Waals surface area contributed by atoms with Gasteiger partial charge in [-0.1, -0.05) is 42.0 Å². The largest absolute Gasteiger partial charge is 0.497 e. The maximum absolute atomic E-state index is 13.3. The van der Waals surface area contributed by atoms with Crippen LogP contribution in [0.15, 0.2) is 85.1 Å². The minimum Gasteiger partial charge on any atom is -0.497 e. The Bertz CT molecular complexity index is 1510. The van der Waals surface area contributed by atoms with E-state index in [1.54, 1.807) is 13.3 Å². The van der Waals surface area contributed by atoms with Crippen molar-refractivity contribution in [1.29, 1.82) is 0 Å². The number of carbonyl (C=O) groups is 1. The molecule has 0 atom stereocenters. The lowest BCUT2D eigenvalue weighted by Gasteiger charge is -2.12. The van der Waals surface area contributed by atoms with Crippen LogP contribution in [0.2, 0.25) is 0 Å². The van der Waals surface area contributed by atoms with E-state index in [2.05, 4.69) is 10.4 Å². The monoisotopic (exact) mass is 462 g/mol. The van der Waals surface area contributed by atoms with Crippen molar-refractivity contribution in [1.82, 2.24) is 20.1 Å². The molecule has 6 nitrogen and oxygen atoms in total. The van der Waals surface area contributed by atoms with E-state index in [0.717, 1.165) is 44.7 Å². The first kappa shape index (κ1) is 22.3. The van der Waals surface area contributed by atoms with Crippen molar-refractivity contribution in [2.45, 2.75) is 20.4 Å². The molecule has 0 saturated heterocycles. The van der Waals surface area contributed by atoms with Crippen molar-refractivity contribution in [2.24, 2.45) is 0 Å². The highest BCUT2D eigenvalue weighted by atomic mass is 16.5. The Kier molecular flexibility index (Phi) is 6.02. The van der Waals surface area contributed by atoms with Gasteiger partial charge >= 0.3 is 0 Å². The van der Waals surface area contributed by atoms with Gasteiger partial charge in [0, 0.05) is 17.5 Å². The number of hydrogen-bond acceptors (Lipinski definition) is 4. The number of carbonyl (C=O) groups excluding carboxylic acids is 1. The first-order valence-electron chi connectivity index (χ1n) is 11.5. The maximum Gasteiger partial charge on any atom is 0.252 e. The average molecular weight is 463 g/mol. The predicted octanol–water partition coefficient (Wildman–Crippen LogP) is 5.64. The number of nitrogens with zero attached hydrogens (tertiary/aromatic N) is 3. The van der Waals surface area contributed by atoms with Gasteiger partial charge in [-0.25, -0.2) is 9.67 Å². The number of hydrogen-bond donors (Lipinski definition) is 1. The second kappa shape index (κ2) is 9.43. The summed E-state index contributed by atoms with van der Waals surface area (Å²) in [7, 11) is 1.65. The van der Waals surface area contributed by atoms with E-state index < -0.39 is 0 Å². The van der Waals surface area contributed by atoms with Crippen molar-refractivity contribution < 1.29 is 9.53 Å². The van der Waals surface area contributed by atoms with E-state index in [9.17, 15) is 4.79 Å². The number of benzene rings is 3. The number of fused-ring (bicyclic) bond motifs is 1. The van der Waals surface area contributed by atoms with Crippen LogP contribution in [0.5, 0.6) is 5.75 Å². The van der Waals surface area contributed by atoms with Crippen LogP contribution in [-0.2, 0) is 6.54 Å². The van der Waals surface area contributed by atoms with Gasteiger partial charge in [0.05, 0.1) is 41.5 Å². The molecule has 0 unspecified atom stereocenters. The molecule has 0 aliphatic carbocycles. The summed E-state index contributed by atoms with van der Waals surface area (Å²) < 4.78 is 7.13. The van der Waals surface area contributed by atoms with Crippen LogP contribution in [0, 0.1) is 13.8 Å². The normalized spacial score (nSPS) is 10.9. The van der Waals surface area contributed by atoms with Gasteiger partial charge in [-0.3, -0.25) is 4.79 Å². The van der Waals surface area contributed by atoms with E-state index in [0.29, 0.717) is 17.8 Å². The van der Waals surface area contributed by atoms with Crippen molar-refractivity contribution in [3.63, 3.8) is 0 Å². The van der Waals surface area contributed by atoms with Crippen molar-refractivity contribution >= 4 is 16.8 Å². The Morgan fingerprint density at radius 3 is 2.49 bits per heavy atom. The number of ether oxygens (including phenoxy) is 1. The SMILES string of the molecule is COc1ccc(-n2ncc(-c3cc(C(=O)NCc4ccccc4)c4cc(C)ccc4n3)c2C)cc1. The van der Waals surface area contributed by atoms with E-state index >= 15 is 0 Å². The van der Waals surface area contributed by atoms with Crippen molar-refractivity contribution in [2.75, 3.05) is 7.11 Å². The van der Waals surface area contributed by atoms with Crippen LogP contribution in [0.3, 0.4) is 0 Å². The number of aromatic nitrogens is 3. The molecule has 2 aromatic heterocycles. The summed E-state index contributed by atoms with van der Waals surface area (Å²) >= 11 is 0. The average Bonchev–Trinajstić information content (AvgIpc) is 3.28. The van der Waals surface area contributed by atoms with Crippen LogP contribution in [-0.4, -0.2) is 27.8 Å². The highest BCUT2D eigenvalue weighted by Gasteiger charge is 2.17. The molecule has 0 radical (unpaired) electrons. The molecule has 5 aromatic rings. The third-order valence-electron chi connectivity index (χ3n) is 6.11. The fourth-order valence-corrected chi connectivity index (χ4v) is 4.18. The second-order valence-electron chi connectivity index (χ2n) is 8.50. The molecule has 0 bridgehead atoms. The summed E-state index contributed by atoms with van der Waals surface area (Å²) in [5, 5.41) is 8.49. The molecule has 3 aromatic carbocycles. The number of pyridine rings is 1. The minimum atomic E-state index is -0.131. The predicted molar refractivity (Wildman–Crippen MR) is 138 cm³/mol. The van der Waals surface area contributed by atoms with Crippen molar-refractivity contribution in [3.05, 3.63) is 107 Å². The number of amides is 1. The highest BCUT2D eigenvalue weighted by molar-refractivity contribution is 6.07. The van der Waals surface area contributed by atoms with Gasteiger partial charge in [-0.2, -0.15) is 5.10 Å². The molecule has 6 heteroatoms. The lowest BCUT2D eigenvalue weighted by molar-refractivity contribution is 0.0952. The fourth-order valence-electron chi connectivity index (χ4n) is 4.18. The van der Waals surface area contributed by atoms with Crippen molar-refractivity contribution in [3.8, 4) is 22.7 Å².